The minimum absolute atomic E-state index is 0. The highest BCUT2D eigenvalue weighted by Gasteiger charge is 2.30. The van der Waals surface area contributed by atoms with E-state index in [1.54, 1.807) is 11.3 Å². The third-order valence-electron chi connectivity index (χ3n) is 4.99. The molecule has 1 aliphatic carbocycles. The average Bonchev–Trinajstić information content (AvgIpc) is 3.35. The fraction of sp³-hybridized carbons (Fsp3) is 0.250. The summed E-state index contributed by atoms with van der Waals surface area (Å²) in [4.78, 5) is 15.8. The van der Waals surface area contributed by atoms with Gasteiger partial charge in [0.2, 0.25) is 0 Å². The lowest BCUT2D eigenvalue weighted by atomic mass is 9.87. The quantitative estimate of drug-likeness (QED) is 0.282. The fourth-order valence-electron chi connectivity index (χ4n) is 3.61. The molecule has 1 aromatic heterocycles. The van der Waals surface area contributed by atoms with Gasteiger partial charge in [-0.3, -0.25) is 10.7 Å². The number of allylic oxidation sites excluding steroid dienone is 2. The number of aryl methyl sites for hydroxylation is 1. The van der Waals surface area contributed by atoms with Crippen molar-refractivity contribution in [2.24, 2.45) is 0 Å². The molecule has 154 valence electrons. The number of amidine groups is 1. The predicted octanol–water partition coefficient (Wildman–Crippen LogP) is 6.26. The van der Waals surface area contributed by atoms with E-state index in [1.165, 1.54) is 40.3 Å². The van der Waals surface area contributed by atoms with Gasteiger partial charge >= 0.3 is 6.09 Å². The number of rotatable bonds is 3. The normalized spacial score (nSPS) is 22.0. The van der Waals surface area contributed by atoms with Crippen LogP contribution in [0.15, 0.2) is 40.5 Å². The smallest absolute Gasteiger partial charge is 0.410 e. The Kier molecular flexibility index (Phi) is 6.78. The van der Waals surface area contributed by atoms with Crippen molar-refractivity contribution in [2.75, 3.05) is 6.26 Å². The lowest BCUT2D eigenvalue weighted by molar-refractivity contribution is 0.200. The number of hydrogen-bond acceptors (Lipinski definition) is 5. The summed E-state index contributed by atoms with van der Waals surface area (Å²) in [5.41, 5.74) is 6.06. The molecule has 5 nitrogen and oxygen atoms in total. The van der Waals surface area contributed by atoms with Gasteiger partial charge in [0.05, 0.1) is 5.69 Å². The Bertz CT molecular complexity index is 1020. The van der Waals surface area contributed by atoms with Crippen molar-refractivity contribution in [1.29, 1.82) is 5.41 Å². The maximum Gasteiger partial charge on any atom is 0.410 e. The van der Waals surface area contributed by atoms with E-state index < -0.39 is 15.2 Å². The summed E-state index contributed by atoms with van der Waals surface area (Å²) < 4.78 is 0. The molecule has 0 spiro atoms. The van der Waals surface area contributed by atoms with Crippen LogP contribution in [0, 0.1) is 5.41 Å². The largest absolute Gasteiger partial charge is 0.465 e. The molecule has 3 N–H and O–H groups in total. The van der Waals surface area contributed by atoms with Crippen molar-refractivity contribution in [1.82, 2.24) is 10.3 Å². The molecule has 1 unspecified atom stereocenters. The van der Waals surface area contributed by atoms with Crippen LogP contribution in [0.25, 0.3) is 16.8 Å². The SMILES string of the molecule is CSS1(C(=N)NC(=O)O)C=CC(c2nc(-c3cccc4c3CCCC4)cs2)=C1.Cl. The van der Waals surface area contributed by atoms with E-state index in [-0.39, 0.29) is 17.6 Å². The van der Waals surface area contributed by atoms with Crippen LogP contribution in [0.5, 0.6) is 0 Å². The third kappa shape index (κ3) is 4.26. The number of carbonyl (C=O) groups is 1. The summed E-state index contributed by atoms with van der Waals surface area (Å²) >= 11 is 1.60. The lowest BCUT2D eigenvalue weighted by Crippen LogP contribution is -2.29. The second-order valence-electron chi connectivity index (χ2n) is 6.64. The first kappa shape index (κ1) is 22.0. The van der Waals surface area contributed by atoms with Gasteiger partial charge in [-0.2, -0.15) is 0 Å². The van der Waals surface area contributed by atoms with Crippen LogP contribution in [0.2, 0.25) is 0 Å². The number of carboxylic acid groups (broad SMARTS) is 1. The molecule has 1 amide bonds. The summed E-state index contributed by atoms with van der Waals surface area (Å²) in [6.45, 7) is 0. The van der Waals surface area contributed by atoms with Gasteiger partial charge in [-0.1, -0.05) is 27.3 Å². The number of fused-ring (bicyclic) bond motifs is 1. The van der Waals surface area contributed by atoms with E-state index in [1.807, 2.05) is 23.1 Å². The highest BCUT2D eigenvalue weighted by atomic mass is 35.5. The molecular formula is C20H22ClN3O2S3. The Balaban J connectivity index is 0.00000240. The summed E-state index contributed by atoms with van der Waals surface area (Å²) in [7, 11) is -0.311. The minimum Gasteiger partial charge on any atom is -0.465 e. The summed E-state index contributed by atoms with van der Waals surface area (Å²) in [6, 6.07) is 6.51. The molecule has 0 radical (unpaired) electrons. The Hall–Kier alpha value is -1.74. The van der Waals surface area contributed by atoms with Gasteiger partial charge in [0.25, 0.3) is 0 Å². The molecule has 1 aromatic carbocycles. The van der Waals surface area contributed by atoms with Gasteiger partial charge in [0, 0.05) is 16.5 Å². The van der Waals surface area contributed by atoms with Crippen molar-refractivity contribution in [3.63, 3.8) is 0 Å². The molecule has 0 saturated heterocycles. The second kappa shape index (κ2) is 8.95. The number of aromatic nitrogens is 1. The number of nitrogens with one attached hydrogen (secondary N) is 2. The van der Waals surface area contributed by atoms with Gasteiger partial charge in [0.1, 0.15) is 5.01 Å². The van der Waals surface area contributed by atoms with E-state index >= 15 is 0 Å². The Morgan fingerprint density at radius 3 is 2.90 bits per heavy atom. The monoisotopic (exact) mass is 467 g/mol. The molecule has 2 heterocycles. The van der Waals surface area contributed by atoms with Crippen LogP contribution < -0.4 is 5.32 Å². The maximum absolute atomic E-state index is 11.0. The van der Waals surface area contributed by atoms with Crippen molar-refractivity contribution >= 4 is 60.4 Å². The molecule has 0 fully saturated rings. The highest BCUT2D eigenvalue weighted by Crippen LogP contribution is 2.66. The molecule has 9 heteroatoms. The van der Waals surface area contributed by atoms with Gasteiger partial charge in [0.15, 0.2) is 5.17 Å². The van der Waals surface area contributed by atoms with Crippen molar-refractivity contribution in [2.45, 2.75) is 25.7 Å². The molecular weight excluding hydrogens is 446 g/mol. The van der Waals surface area contributed by atoms with Gasteiger partial charge in [-0.05, 0) is 60.0 Å². The topological polar surface area (TPSA) is 86.1 Å². The molecule has 29 heavy (non-hydrogen) atoms. The molecule has 1 atom stereocenters. The van der Waals surface area contributed by atoms with Gasteiger partial charge in [-0.25, -0.2) is 9.78 Å². The van der Waals surface area contributed by atoms with Crippen LogP contribution in [0.3, 0.4) is 0 Å². The first-order valence-electron chi connectivity index (χ1n) is 8.97. The maximum atomic E-state index is 11.0. The van der Waals surface area contributed by atoms with E-state index in [4.69, 9.17) is 15.5 Å². The molecule has 1 aliphatic heterocycles. The number of halogens is 1. The first-order chi connectivity index (χ1) is 13.5. The van der Waals surface area contributed by atoms with E-state index in [9.17, 15) is 4.79 Å². The van der Waals surface area contributed by atoms with Crippen LogP contribution in [-0.4, -0.2) is 27.6 Å². The zero-order valence-electron chi connectivity index (χ0n) is 15.8. The van der Waals surface area contributed by atoms with Crippen LogP contribution in [-0.2, 0) is 12.8 Å². The Labute approximate surface area is 185 Å². The molecule has 2 aliphatic rings. The van der Waals surface area contributed by atoms with Gasteiger partial charge < -0.3 is 5.11 Å². The molecule has 4 rings (SSSR count). The summed E-state index contributed by atoms with van der Waals surface area (Å²) in [6.07, 6.45) is 7.41. The standard InChI is InChI=1S/C20H21N3O2S3.ClH/c1-26-28(19(21)23-20(24)25)10-9-14(12-28)18-22-17(11-27-18)16-8-4-6-13-5-2-3-7-15(13)16;/h4,6,8-12H,2-3,5,7H2,1H3,(H2,21,23)(H,24,25);1H. The zero-order valence-corrected chi connectivity index (χ0v) is 19.1. The van der Waals surface area contributed by atoms with Crippen molar-refractivity contribution in [3.8, 4) is 11.3 Å². The Morgan fingerprint density at radius 1 is 1.34 bits per heavy atom. The van der Waals surface area contributed by atoms with E-state index in [2.05, 4.69) is 28.9 Å². The summed E-state index contributed by atoms with van der Waals surface area (Å²) in [5.74, 6) is 0. The molecule has 2 aromatic rings. The predicted molar refractivity (Wildman–Crippen MR) is 129 cm³/mol. The third-order valence-corrected chi connectivity index (χ3v) is 11.1. The van der Waals surface area contributed by atoms with Gasteiger partial charge in [-0.15, -0.1) is 34.5 Å². The number of amides is 1. The zero-order chi connectivity index (χ0) is 19.7. The Morgan fingerprint density at radius 2 is 2.14 bits per heavy atom. The molecule has 0 bridgehead atoms. The minimum atomic E-state index is -1.81. The second-order valence-corrected chi connectivity index (χ2v) is 12.7. The number of hydrogen-bond donors (Lipinski definition) is 3. The van der Waals surface area contributed by atoms with Crippen molar-refractivity contribution in [3.05, 3.63) is 56.6 Å². The fourth-order valence-corrected chi connectivity index (χ4v) is 8.09. The molecule has 0 saturated carbocycles. The summed E-state index contributed by atoms with van der Waals surface area (Å²) in [5, 5.41) is 26.3. The lowest BCUT2D eigenvalue weighted by Gasteiger charge is -2.28. The average molecular weight is 468 g/mol. The van der Waals surface area contributed by atoms with Crippen LogP contribution >= 0.6 is 43.6 Å². The van der Waals surface area contributed by atoms with E-state index in [0.29, 0.717) is 0 Å². The number of benzene rings is 1. The highest BCUT2D eigenvalue weighted by molar-refractivity contribution is 9.02. The van der Waals surface area contributed by atoms with Crippen LogP contribution in [0.1, 0.15) is 29.0 Å². The first-order valence-corrected chi connectivity index (χ1v) is 13.3. The number of thiazole rings is 1. The van der Waals surface area contributed by atoms with Crippen molar-refractivity contribution < 1.29 is 9.90 Å². The van der Waals surface area contributed by atoms with E-state index in [0.717, 1.165) is 29.1 Å². The van der Waals surface area contributed by atoms with Crippen LogP contribution in [0.4, 0.5) is 4.79 Å². The number of nitrogens with zero attached hydrogens (tertiary/aromatic N) is 1.